The van der Waals surface area contributed by atoms with E-state index in [2.05, 4.69) is 5.32 Å². The predicted octanol–water partition coefficient (Wildman–Crippen LogP) is 1.12. The summed E-state index contributed by atoms with van der Waals surface area (Å²) < 4.78 is 5.28. The standard InChI is InChI=1S/C12H18N2O4/c1-3-9-4-5-12(11(6-9)14(16)17)18-8-10(15)7-13-2/h4-6,10,13,15H,3,7-8H2,1-2H3. The number of hydrogen-bond acceptors (Lipinski definition) is 5. The third kappa shape index (κ3) is 3.97. The molecule has 2 N–H and O–H groups in total. The Hall–Kier alpha value is -1.66. The van der Waals surface area contributed by atoms with E-state index in [-0.39, 0.29) is 18.0 Å². The van der Waals surface area contributed by atoms with Crippen LogP contribution in [0.15, 0.2) is 18.2 Å². The van der Waals surface area contributed by atoms with Gasteiger partial charge in [0, 0.05) is 12.6 Å². The first-order valence-corrected chi connectivity index (χ1v) is 5.81. The molecule has 1 atom stereocenters. The Kier molecular flexibility index (Phi) is 5.54. The number of benzene rings is 1. The molecule has 0 aromatic heterocycles. The van der Waals surface area contributed by atoms with Gasteiger partial charge in [-0.2, -0.15) is 0 Å². The van der Waals surface area contributed by atoms with Gasteiger partial charge in [-0.15, -0.1) is 0 Å². The molecule has 6 heteroatoms. The lowest BCUT2D eigenvalue weighted by molar-refractivity contribution is -0.386. The van der Waals surface area contributed by atoms with Gasteiger partial charge in [0.1, 0.15) is 12.7 Å². The molecular weight excluding hydrogens is 236 g/mol. The Balaban J connectivity index is 2.78. The Bertz CT molecular complexity index is 409. The number of rotatable bonds is 7. The highest BCUT2D eigenvalue weighted by Crippen LogP contribution is 2.28. The highest BCUT2D eigenvalue weighted by atomic mass is 16.6. The Morgan fingerprint density at radius 2 is 2.28 bits per heavy atom. The van der Waals surface area contributed by atoms with E-state index in [4.69, 9.17) is 4.74 Å². The van der Waals surface area contributed by atoms with Crippen molar-refractivity contribution in [3.05, 3.63) is 33.9 Å². The number of aryl methyl sites for hydroxylation is 1. The third-order valence-electron chi connectivity index (χ3n) is 2.50. The number of likely N-dealkylation sites (N-methyl/N-ethyl adjacent to an activating group) is 1. The number of nitrogens with zero attached hydrogens (tertiary/aromatic N) is 1. The Labute approximate surface area is 106 Å². The van der Waals surface area contributed by atoms with Crippen molar-refractivity contribution in [1.29, 1.82) is 0 Å². The number of hydrogen-bond donors (Lipinski definition) is 2. The van der Waals surface area contributed by atoms with Crippen molar-refractivity contribution in [2.75, 3.05) is 20.2 Å². The van der Waals surface area contributed by atoms with Crippen molar-refractivity contribution < 1.29 is 14.8 Å². The Morgan fingerprint density at radius 3 is 2.83 bits per heavy atom. The molecule has 1 aromatic carbocycles. The molecule has 0 saturated carbocycles. The van der Waals surface area contributed by atoms with Gasteiger partial charge in [-0.3, -0.25) is 10.1 Å². The predicted molar refractivity (Wildman–Crippen MR) is 67.9 cm³/mol. The molecule has 0 fully saturated rings. The maximum Gasteiger partial charge on any atom is 0.311 e. The first kappa shape index (κ1) is 14.4. The maximum absolute atomic E-state index is 10.9. The third-order valence-corrected chi connectivity index (χ3v) is 2.50. The first-order valence-electron chi connectivity index (χ1n) is 5.81. The minimum absolute atomic E-state index is 0.0210. The smallest absolute Gasteiger partial charge is 0.311 e. The first-order chi connectivity index (χ1) is 8.58. The summed E-state index contributed by atoms with van der Waals surface area (Å²) >= 11 is 0. The molecule has 18 heavy (non-hydrogen) atoms. The number of aliphatic hydroxyl groups excluding tert-OH is 1. The summed E-state index contributed by atoms with van der Waals surface area (Å²) in [5.41, 5.74) is 0.816. The number of nitro groups is 1. The lowest BCUT2D eigenvalue weighted by Crippen LogP contribution is -2.29. The van der Waals surface area contributed by atoms with E-state index < -0.39 is 11.0 Å². The summed E-state index contributed by atoms with van der Waals surface area (Å²) in [5, 5.41) is 23.2. The average molecular weight is 254 g/mol. The van der Waals surface area contributed by atoms with Crippen molar-refractivity contribution in [2.24, 2.45) is 0 Å². The van der Waals surface area contributed by atoms with E-state index in [1.54, 1.807) is 19.2 Å². The summed E-state index contributed by atoms with van der Waals surface area (Å²) in [4.78, 5) is 10.4. The maximum atomic E-state index is 10.9. The highest BCUT2D eigenvalue weighted by molar-refractivity contribution is 5.48. The molecule has 0 amide bonds. The molecule has 0 saturated heterocycles. The lowest BCUT2D eigenvalue weighted by atomic mass is 10.1. The zero-order valence-electron chi connectivity index (χ0n) is 10.5. The SMILES string of the molecule is CCc1ccc(OCC(O)CNC)c([N+](=O)[O-])c1. The van der Waals surface area contributed by atoms with Gasteiger partial charge in [0.25, 0.3) is 0 Å². The van der Waals surface area contributed by atoms with Crippen LogP contribution in [0.4, 0.5) is 5.69 Å². The van der Waals surface area contributed by atoms with Crippen LogP contribution in [-0.4, -0.2) is 36.3 Å². The molecule has 0 aliphatic carbocycles. The van der Waals surface area contributed by atoms with Crippen molar-refractivity contribution in [2.45, 2.75) is 19.4 Å². The minimum Gasteiger partial charge on any atom is -0.484 e. The van der Waals surface area contributed by atoms with Crippen LogP contribution in [0.5, 0.6) is 5.75 Å². The fourth-order valence-corrected chi connectivity index (χ4v) is 1.53. The van der Waals surface area contributed by atoms with Crippen LogP contribution in [-0.2, 0) is 6.42 Å². The molecule has 0 radical (unpaired) electrons. The summed E-state index contributed by atoms with van der Waals surface area (Å²) in [6, 6.07) is 4.86. The van der Waals surface area contributed by atoms with Crippen LogP contribution >= 0.6 is 0 Å². The van der Waals surface area contributed by atoms with Crippen LogP contribution in [0.25, 0.3) is 0 Å². The second-order valence-corrected chi connectivity index (χ2v) is 3.94. The van der Waals surface area contributed by atoms with Crippen molar-refractivity contribution in [3.8, 4) is 5.75 Å². The quantitative estimate of drug-likeness (QED) is 0.562. The van der Waals surface area contributed by atoms with E-state index in [0.29, 0.717) is 6.54 Å². The molecular formula is C12H18N2O4. The minimum atomic E-state index is -0.694. The van der Waals surface area contributed by atoms with Gasteiger partial charge in [-0.1, -0.05) is 13.0 Å². The summed E-state index contributed by atoms with van der Waals surface area (Å²) in [7, 11) is 1.71. The fourth-order valence-electron chi connectivity index (χ4n) is 1.53. The topological polar surface area (TPSA) is 84.6 Å². The van der Waals surface area contributed by atoms with E-state index in [0.717, 1.165) is 12.0 Å². The number of nitro benzene ring substituents is 1. The molecule has 1 rings (SSSR count). The van der Waals surface area contributed by atoms with Crippen LogP contribution < -0.4 is 10.1 Å². The van der Waals surface area contributed by atoms with E-state index in [1.165, 1.54) is 6.07 Å². The average Bonchev–Trinajstić information content (AvgIpc) is 2.36. The second kappa shape index (κ2) is 6.93. The van der Waals surface area contributed by atoms with Crippen molar-refractivity contribution in [1.82, 2.24) is 5.32 Å². The normalized spacial score (nSPS) is 12.2. The summed E-state index contributed by atoms with van der Waals surface area (Å²) in [5.74, 6) is 0.187. The van der Waals surface area contributed by atoms with E-state index >= 15 is 0 Å². The molecule has 1 aromatic rings. The van der Waals surface area contributed by atoms with Gasteiger partial charge in [0.05, 0.1) is 4.92 Å². The fraction of sp³-hybridized carbons (Fsp3) is 0.500. The molecule has 1 unspecified atom stereocenters. The second-order valence-electron chi connectivity index (χ2n) is 3.94. The van der Waals surface area contributed by atoms with Crippen LogP contribution in [0.3, 0.4) is 0 Å². The Morgan fingerprint density at radius 1 is 1.56 bits per heavy atom. The van der Waals surface area contributed by atoms with Gasteiger partial charge >= 0.3 is 5.69 Å². The van der Waals surface area contributed by atoms with Crippen LogP contribution in [0.1, 0.15) is 12.5 Å². The summed E-state index contributed by atoms with van der Waals surface area (Å²) in [6.45, 7) is 2.32. The molecule has 0 bridgehead atoms. The van der Waals surface area contributed by atoms with Crippen molar-refractivity contribution in [3.63, 3.8) is 0 Å². The van der Waals surface area contributed by atoms with Gasteiger partial charge in [-0.25, -0.2) is 0 Å². The molecule has 100 valence electrons. The van der Waals surface area contributed by atoms with E-state index in [9.17, 15) is 15.2 Å². The lowest BCUT2D eigenvalue weighted by Gasteiger charge is -2.12. The molecule has 0 heterocycles. The summed E-state index contributed by atoms with van der Waals surface area (Å²) in [6.07, 6.45) is 0.0317. The largest absolute Gasteiger partial charge is 0.484 e. The monoisotopic (exact) mass is 254 g/mol. The number of ether oxygens (including phenoxy) is 1. The number of aliphatic hydroxyl groups is 1. The van der Waals surface area contributed by atoms with Crippen LogP contribution in [0, 0.1) is 10.1 Å². The zero-order valence-corrected chi connectivity index (χ0v) is 10.5. The van der Waals surface area contributed by atoms with Gasteiger partial charge in [-0.05, 0) is 25.1 Å². The number of nitrogens with one attached hydrogen (secondary N) is 1. The van der Waals surface area contributed by atoms with Gasteiger partial charge in [0.15, 0.2) is 5.75 Å². The van der Waals surface area contributed by atoms with Gasteiger partial charge < -0.3 is 15.2 Å². The highest BCUT2D eigenvalue weighted by Gasteiger charge is 2.16. The molecule has 0 aliphatic heterocycles. The van der Waals surface area contributed by atoms with E-state index in [1.807, 2.05) is 6.92 Å². The van der Waals surface area contributed by atoms with Crippen LogP contribution in [0.2, 0.25) is 0 Å². The molecule has 0 aliphatic rings. The molecule has 6 nitrogen and oxygen atoms in total. The zero-order chi connectivity index (χ0) is 13.5. The molecule has 0 spiro atoms. The van der Waals surface area contributed by atoms with Gasteiger partial charge in [0.2, 0.25) is 0 Å². The van der Waals surface area contributed by atoms with Crippen molar-refractivity contribution >= 4 is 5.69 Å².